The first-order valence-electron chi connectivity index (χ1n) is 7.00. The highest BCUT2D eigenvalue weighted by Gasteiger charge is 2.34. The molecule has 2 fully saturated rings. The Morgan fingerprint density at radius 1 is 1.39 bits per heavy atom. The lowest BCUT2D eigenvalue weighted by Crippen LogP contribution is -2.62. The summed E-state index contributed by atoms with van der Waals surface area (Å²) in [7, 11) is 0. The fraction of sp³-hybridized carbons (Fsp3) is 0.846. The van der Waals surface area contributed by atoms with Crippen LogP contribution in [-0.2, 0) is 9.59 Å². The molecule has 0 spiro atoms. The van der Waals surface area contributed by atoms with Crippen molar-refractivity contribution in [3.05, 3.63) is 0 Å². The average molecular weight is 253 g/mol. The Morgan fingerprint density at radius 2 is 2.22 bits per heavy atom. The highest BCUT2D eigenvalue weighted by molar-refractivity contribution is 5.93. The summed E-state index contributed by atoms with van der Waals surface area (Å²) in [6.45, 7) is 4.38. The van der Waals surface area contributed by atoms with Crippen LogP contribution in [0.5, 0.6) is 0 Å². The van der Waals surface area contributed by atoms with Crippen molar-refractivity contribution < 1.29 is 9.59 Å². The predicted octanol–water partition coefficient (Wildman–Crippen LogP) is -0.188. The number of amides is 1. The summed E-state index contributed by atoms with van der Waals surface area (Å²) in [4.78, 5) is 24.1. The highest BCUT2D eigenvalue weighted by Crippen LogP contribution is 2.14. The molecule has 2 saturated heterocycles. The van der Waals surface area contributed by atoms with Crippen molar-refractivity contribution in [3.63, 3.8) is 0 Å². The van der Waals surface area contributed by atoms with E-state index in [9.17, 15) is 9.59 Å². The van der Waals surface area contributed by atoms with Gasteiger partial charge in [-0.25, -0.2) is 0 Å². The molecule has 1 amide bonds. The number of carbonyl (C=O) groups is 2. The van der Waals surface area contributed by atoms with Crippen LogP contribution >= 0.6 is 0 Å². The van der Waals surface area contributed by atoms with Crippen molar-refractivity contribution >= 4 is 11.7 Å². The number of hydrogen-bond acceptors (Lipinski definition) is 4. The van der Waals surface area contributed by atoms with Gasteiger partial charge < -0.3 is 16.0 Å². The van der Waals surface area contributed by atoms with Gasteiger partial charge in [-0.15, -0.1) is 0 Å². The summed E-state index contributed by atoms with van der Waals surface area (Å²) in [5.74, 6) is 0.219. The molecule has 102 valence electrons. The molecule has 3 atom stereocenters. The number of carbonyl (C=O) groups excluding carboxylic acids is 2. The fourth-order valence-electron chi connectivity index (χ4n) is 2.75. The Kier molecular flexibility index (Phi) is 4.72. The third kappa shape index (κ3) is 3.09. The van der Waals surface area contributed by atoms with E-state index in [1.54, 1.807) is 0 Å². The Hall–Kier alpha value is -0.940. The van der Waals surface area contributed by atoms with Gasteiger partial charge in [0.2, 0.25) is 5.91 Å². The molecule has 5 nitrogen and oxygen atoms in total. The predicted molar refractivity (Wildman–Crippen MR) is 69.2 cm³/mol. The lowest BCUT2D eigenvalue weighted by molar-refractivity contribution is -0.133. The molecule has 3 unspecified atom stereocenters. The zero-order valence-electron chi connectivity index (χ0n) is 11.0. The Labute approximate surface area is 108 Å². The standard InChI is InChI=1S/C13H23N3O2/c1-2-4-10-13(18)16-11(8-15-10)12(17)9-5-3-6-14-7-9/h9-11,14-15H,2-8H2,1H3,(H,16,18). The monoisotopic (exact) mass is 253 g/mol. The largest absolute Gasteiger partial charge is 0.344 e. The minimum absolute atomic E-state index is 0.0229. The number of Topliss-reactive ketones (excluding diaryl/α,β-unsaturated/α-hetero) is 1. The van der Waals surface area contributed by atoms with Crippen LogP contribution < -0.4 is 16.0 Å². The Bertz CT molecular complexity index is 313. The molecule has 0 aliphatic carbocycles. The van der Waals surface area contributed by atoms with Gasteiger partial charge in [-0.2, -0.15) is 0 Å². The first-order valence-corrected chi connectivity index (χ1v) is 7.00. The van der Waals surface area contributed by atoms with E-state index in [-0.39, 0.29) is 29.7 Å². The van der Waals surface area contributed by atoms with Crippen molar-refractivity contribution in [3.8, 4) is 0 Å². The van der Waals surface area contributed by atoms with Gasteiger partial charge in [0.05, 0.1) is 6.04 Å². The van der Waals surface area contributed by atoms with Crippen LogP contribution in [0.15, 0.2) is 0 Å². The number of rotatable bonds is 4. The molecule has 18 heavy (non-hydrogen) atoms. The normalized spacial score (nSPS) is 32.9. The zero-order valence-corrected chi connectivity index (χ0v) is 11.0. The van der Waals surface area contributed by atoms with Crippen molar-refractivity contribution in [2.24, 2.45) is 5.92 Å². The van der Waals surface area contributed by atoms with E-state index in [0.29, 0.717) is 6.54 Å². The number of piperazine rings is 1. The maximum Gasteiger partial charge on any atom is 0.237 e. The summed E-state index contributed by atoms with van der Waals surface area (Å²) in [6, 6.07) is -0.459. The summed E-state index contributed by atoms with van der Waals surface area (Å²) in [5.41, 5.74) is 0. The third-order valence-corrected chi connectivity index (χ3v) is 3.82. The molecule has 2 aliphatic rings. The van der Waals surface area contributed by atoms with Gasteiger partial charge in [-0.3, -0.25) is 9.59 Å². The second kappa shape index (κ2) is 6.29. The average Bonchev–Trinajstić information content (AvgIpc) is 2.41. The quantitative estimate of drug-likeness (QED) is 0.649. The van der Waals surface area contributed by atoms with E-state index in [4.69, 9.17) is 0 Å². The van der Waals surface area contributed by atoms with Crippen LogP contribution in [0.3, 0.4) is 0 Å². The highest BCUT2D eigenvalue weighted by atomic mass is 16.2. The first-order chi connectivity index (χ1) is 8.72. The number of piperidine rings is 1. The molecule has 2 aliphatic heterocycles. The number of nitrogens with one attached hydrogen (secondary N) is 3. The molecule has 5 heteroatoms. The second-order valence-electron chi connectivity index (χ2n) is 5.26. The molecule has 0 radical (unpaired) electrons. The van der Waals surface area contributed by atoms with E-state index in [1.807, 2.05) is 0 Å². The Balaban J connectivity index is 1.87. The van der Waals surface area contributed by atoms with Crippen LogP contribution in [-0.4, -0.2) is 43.4 Å². The van der Waals surface area contributed by atoms with Crippen molar-refractivity contribution in [2.45, 2.75) is 44.7 Å². The van der Waals surface area contributed by atoms with Crippen molar-refractivity contribution in [2.75, 3.05) is 19.6 Å². The lowest BCUT2D eigenvalue weighted by atomic mass is 9.90. The zero-order chi connectivity index (χ0) is 13.0. The lowest BCUT2D eigenvalue weighted by Gasteiger charge is -2.32. The van der Waals surface area contributed by atoms with Gasteiger partial charge in [0, 0.05) is 19.0 Å². The van der Waals surface area contributed by atoms with Crippen LogP contribution in [0.2, 0.25) is 0 Å². The SMILES string of the molecule is CCCC1NCC(C(=O)C2CCCNC2)NC1=O. The fourth-order valence-corrected chi connectivity index (χ4v) is 2.75. The van der Waals surface area contributed by atoms with E-state index < -0.39 is 0 Å². The summed E-state index contributed by atoms with van der Waals surface area (Å²) in [6.07, 6.45) is 3.79. The first kappa shape index (κ1) is 13.5. The smallest absolute Gasteiger partial charge is 0.237 e. The molecular formula is C13H23N3O2. The van der Waals surface area contributed by atoms with Crippen LogP contribution in [0, 0.1) is 5.92 Å². The van der Waals surface area contributed by atoms with Crippen LogP contribution in [0.4, 0.5) is 0 Å². The minimum Gasteiger partial charge on any atom is -0.344 e. The molecule has 2 rings (SSSR count). The van der Waals surface area contributed by atoms with E-state index in [0.717, 1.165) is 38.8 Å². The van der Waals surface area contributed by atoms with Crippen LogP contribution in [0.1, 0.15) is 32.6 Å². The third-order valence-electron chi connectivity index (χ3n) is 3.82. The van der Waals surface area contributed by atoms with Gasteiger partial charge >= 0.3 is 0 Å². The molecule has 3 N–H and O–H groups in total. The summed E-state index contributed by atoms with van der Waals surface area (Å²) in [5, 5.41) is 9.30. The second-order valence-corrected chi connectivity index (χ2v) is 5.26. The van der Waals surface area contributed by atoms with Gasteiger partial charge in [-0.1, -0.05) is 13.3 Å². The summed E-state index contributed by atoms with van der Waals surface area (Å²) < 4.78 is 0. The topological polar surface area (TPSA) is 70.2 Å². The minimum atomic E-state index is -0.337. The Morgan fingerprint density at radius 3 is 2.83 bits per heavy atom. The number of hydrogen-bond donors (Lipinski definition) is 3. The van der Waals surface area contributed by atoms with E-state index in [2.05, 4.69) is 22.9 Å². The molecule has 0 aromatic carbocycles. The van der Waals surface area contributed by atoms with E-state index >= 15 is 0 Å². The van der Waals surface area contributed by atoms with Gasteiger partial charge in [0.1, 0.15) is 6.04 Å². The molecular weight excluding hydrogens is 230 g/mol. The molecule has 0 aromatic rings. The maximum atomic E-state index is 12.3. The molecule has 0 aromatic heterocycles. The maximum absolute atomic E-state index is 12.3. The van der Waals surface area contributed by atoms with E-state index in [1.165, 1.54) is 0 Å². The molecule has 0 saturated carbocycles. The van der Waals surface area contributed by atoms with Crippen LogP contribution in [0.25, 0.3) is 0 Å². The van der Waals surface area contributed by atoms with Crippen molar-refractivity contribution in [1.29, 1.82) is 0 Å². The van der Waals surface area contributed by atoms with Gasteiger partial charge in [0.15, 0.2) is 5.78 Å². The number of ketones is 1. The van der Waals surface area contributed by atoms with Gasteiger partial charge in [-0.05, 0) is 25.8 Å². The molecule has 0 bridgehead atoms. The van der Waals surface area contributed by atoms with Gasteiger partial charge in [0.25, 0.3) is 0 Å². The molecule has 2 heterocycles. The summed E-state index contributed by atoms with van der Waals surface area (Å²) >= 11 is 0. The van der Waals surface area contributed by atoms with Crippen molar-refractivity contribution in [1.82, 2.24) is 16.0 Å².